The first-order valence-electron chi connectivity index (χ1n) is 4.58. The Kier molecular flexibility index (Phi) is 1.77. The number of aliphatic hydroxyl groups excluding tert-OH is 1. The first kappa shape index (κ1) is 8.52. The Bertz CT molecular complexity index is 347. The molecule has 0 heterocycles. The summed E-state index contributed by atoms with van der Waals surface area (Å²) in [6.45, 7) is 4.50. The van der Waals surface area contributed by atoms with Crippen LogP contribution in [0.3, 0.4) is 0 Å². The molecule has 13 heavy (non-hydrogen) atoms. The van der Waals surface area contributed by atoms with Crippen LogP contribution in [0.4, 0.5) is 0 Å². The van der Waals surface area contributed by atoms with E-state index in [0.717, 1.165) is 0 Å². The Balaban J connectivity index is 2.35. The van der Waals surface area contributed by atoms with Crippen LogP contribution < -0.4 is 0 Å². The zero-order valence-corrected chi connectivity index (χ0v) is 8.04. The Hall–Kier alpha value is -1.08. The maximum atomic E-state index is 9.12. The van der Waals surface area contributed by atoms with Crippen molar-refractivity contribution in [3.05, 3.63) is 41.5 Å². The average molecular weight is 174 g/mol. The van der Waals surface area contributed by atoms with E-state index in [-0.39, 0.29) is 12.0 Å². The molecular formula is C12H14O. The van der Waals surface area contributed by atoms with E-state index in [2.05, 4.69) is 26.0 Å². The molecule has 0 fully saturated rings. The van der Waals surface area contributed by atoms with E-state index >= 15 is 0 Å². The van der Waals surface area contributed by atoms with E-state index in [1.807, 2.05) is 18.2 Å². The summed E-state index contributed by atoms with van der Waals surface area (Å²) in [7, 11) is 0. The number of hydrogen-bond donors (Lipinski definition) is 1. The van der Waals surface area contributed by atoms with Gasteiger partial charge in [-0.1, -0.05) is 44.2 Å². The molecule has 0 amide bonds. The van der Waals surface area contributed by atoms with Gasteiger partial charge in [0.25, 0.3) is 0 Å². The number of allylic oxidation sites excluding steroid dienone is 1. The molecular weight excluding hydrogens is 160 g/mol. The molecule has 0 atom stereocenters. The van der Waals surface area contributed by atoms with Gasteiger partial charge in [0.2, 0.25) is 0 Å². The Morgan fingerprint density at radius 2 is 1.77 bits per heavy atom. The molecule has 0 unspecified atom stereocenters. The van der Waals surface area contributed by atoms with Crippen LogP contribution in [0.5, 0.6) is 0 Å². The van der Waals surface area contributed by atoms with Gasteiger partial charge in [-0.15, -0.1) is 0 Å². The van der Waals surface area contributed by atoms with Crippen LogP contribution >= 0.6 is 0 Å². The SMILES string of the molecule is CC1(C)C(CO)=C1c1ccccc1. The zero-order chi connectivity index (χ0) is 9.47. The molecule has 1 heteroatoms. The minimum Gasteiger partial charge on any atom is -0.392 e. The maximum absolute atomic E-state index is 9.12. The molecule has 0 radical (unpaired) electrons. The van der Waals surface area contributed by atoms with Gasteiger partial charge in [0, 0.05) is 5.41 Å². The van der Waals surface area contributed by atoms with Gasteiger partial charge in [0.15, 0.2) is 0 Å². The molecule has 0 aliphatic heterocycles. The highest BCUT2D eigenvalue weighted by atomic mass is 16.3. The predicted octanol–water partition coefficient (Wildman–Crippen LogP) is 2.47. The summed E-state index contributed by atoms with van der Waals surface area (Å²) in [6, 6.07) is 10.3. The molecule has 1 aromatic rings. The van der Waals surface area contributed by atoms with Crippen LogP contribution in [-0.2, 0) is 0 Å². The van der Waals surface area contributed by atoms with Gasteiger partial charge >= 0.3 is 0 Å². The molecule has 1 nitrogen and oxygen atoms in total. The molecule has 1 aromatic carbocycles. The van der Waals surface area contributed by atoms with E-state index in [0.29, 0.717) is 0 Å². The highest BCUT2D eigenvalue weighted by Gasteiger charge is 2.44. The number of rotatable bonds is 2. The minimum absolute atomic E-state index is 0.121. The molecule has 0 aromatic heterocycles. The van der Waals surface area contributed by atoms with Gasteiger partial charge in [-0.25, -0.2) is 0 Å². The van der Waals surface area contributed by atoms with Crippen molar-refractivity contribution < 1.29 is 5.11 Å². The molecule has 68 valence electrons. The van der Waals surface area contributed by atoms with Gasteiger partial charge in [0.05, 0.1) is 6.61 Å². The summed E-state index contributed by atoms with van der Waals surface area (Å²) >= 11 is 0. The van der Waals surface area contributed by atoms with Crippen molar-refractivity contribution in [3.8, 4) is 0 Å². The molecule has 0 bridgehead atoms. The van der Waals surface area contributed by atoms with Gasteiger partial charge in [-0.05, 0) is 16.7 Å². The molecule has 2 rings (SSSR count). The van der Waals surface area contributed by atoms with Crippen LogP contribution in [0, 0.1) is 5.41 Å². The molecule has 1 aliphatic carbocycles. The fourth-order valence-electron chi connectivity index (χ4n) is 1.96. The Morgan fingerprint density at radius 3 is 2.23 bits per heavy atom. The van der Waals surface area contributed by atoms with Crippen molar-refractivity contribution in [2.75, 3.05) is 6.61 Å². The summed E-state index contributed by atoms with van der Waals surface area (Å²) in [5.41, 5.74) is 3.86. The predicted molar refractivity (Wildman–Crippen MR) is 54.2 cm³/mol. The van der Waals surface area contributed by atoms with Gasteiger partial charge in [-0.2, -0.15) is 0 Å². The van der Waals surface area contributed by atoms with Gasteiger partial charge < -0.3 is 5.11 Å². The van der Waals surface area contributed by atoms with Crippen molar-refractivity contribution in [1.29, 1.82) is 0 Å². The largest absolute Gasteiger partial charge is 0.392 e. The lowest BCUT2D eigenvalue weighted by Crippen LogP contribution is -1.95. The van der Waals surface area contributed by atoms with Crippen LogP contribution in [-0.4, -0.2) is 11.7 Å². The van der Waals surface area contributed by atoms with E-state index in [1.54, 1.807) is 0 Å². The highest BCUT2D eigenvalue weighted by Crippen LogP contribution is 2.57. The Labute approximate surface area is 78.7 Å². The van der Waals surface area contributed by atoms with Crippen LogP contribution in [0.2, 0.25) is 0 Å². The van der Waals surface area contributed by atoms with Crippen LogP contribution in [0.15, 0.2) is 35.9 Å². The standard InChI is InChI=1S/C12H14O/c1-12(2)10(8-13)11(12)9-6-4-3-5-7-9/h3-7,13H,8H2,1-2H3. The van der Waals surface area contributed by atoms with Crippen molar-refractivity contribution in [3.63, 3.8) is 0 Å². The summed E-state index contributed by atoms with van der Waals surface area (Å²) in [5, 5.41) is 9.12. The number of aliphatic hydroxyl groups is 1. The second-order valence-electron chi connectivity index (χ2n) is 4.00. The van der Waals surface area contributed by atoms with E-state index in [1.165, 1.54) is 16.7 Å². The smallest absolute Gasteiger partial charge is 0.0656 e. The van der Waals surface area contributed by atoms with Gasteiger partial charge in [-0.3, -0.25) is 0 Å². The topological polar surface area (TPSA) is 20.2 Å². The molecule has 0 saturated carbocycles. The third-order valence-corrected chi connectivity index (χ3v) is 2.84. The van der Waals surface area contributed by atoms with Crippen molar-refractivity contribution in [2.24, 2.45) is 5.41 Å². The third-order valence-electron chi connectivity index (χ3n) is 2.84. The highest BCUT2D eigenvalue weighted by molar-refractivity contribution is 5.89. The summed E-state index contributed by atoms with van der Waals surface area (Å²) in [4.78, 5) is 0. The van der Waals surface area contributed by atoms with Crippen LogP contribution in [0.1, 0.15) is 19.4 Å². The molecule has 0 spiro atoms. The Morgan fingerprint density at radius 1 is 1.15 bits per heavy atom. The second-order valence-corrected chi connectivity index (χ2v) is 4.00. The first-order valence-corrected chi connectivity index (χ1v) is 4.58. The molecule has 1 N–H and O–H groups in total. The minimum atomic E-state index is 0.121. The number of hydrogen-bond acceptors (Lipinski definition) is 1. The maximum Gasteiger partial charge on any atom is 0.0656 e. The first-order chi connectivity index (χ1) is 6.18. The zero-order valence-electron chi connectivity index (χ0n) is 8.04. The lowest BCUT2D eigenvalue weighted by molar-refractivity contribution is 0.325. The van der Waals surface area contributed by atoms with Crippen molar-refractivity contribution in [1.82, 2.24) is 0 Å². The van der Waals surface area contributed by atoms with Crippen LogP contribution in [0.25, 0.3) is 5.57 Å². The summed E-state index contributed by atoms with van der Waals surface area (Å²) in [6.07, 6.45) is 0. The van der Waals surface area contributed by atoms with E-state index in [9.17, 15) is 0 Å². The van der Waals surface area contributed by atoms with E-state index in [4.69, 9.17) is 5.11 Å². The quantitative estimate of drug-likeness (QED) is 0.730. The fraction of sp³-hybridized carbons (Fsp3) is 0.333. The van der Waals surface area contributed by atoms with Crippen molar-refractivity contribution in [2.45, 2.75) is 13.8 Å². The summed E-state index contributed by atoms with van der Waals surface area (Å²) < 4.78 is 0. The molecule has 0 saturated heterocycles. The lowest BCUT2D eigenvalue weighted by Gasteiger charge is -2.04. The monoisotopic (exact) mass is 174 g/mol. The molecule has 1 aliphatic rings. The van der Waals surface area contributed by atoms with Gasteiger partial charge in [0.1, 0.15) is 0 Å². The average Bonchev–Trinajstić information content (AvgIpc) is 2.69. The number of benzene rings is 1. The summed E-state index contributed by atoms with van der Waals surface area (Å²) in [5.74, 6) is 0. The van der Waals surface area contributed by atoms with E-state index < -0.39 is 0 Å². The normalized spacial score (nSPS) is 19.0. The third kappa shape index (κ3) is 1.20. The fourth-order valence-corrected chi connectivity index (χ4v) is 1.96. The lowest BCUT2D eigenvalue weighted by atomic mass is 10.00. The second kappa shape index (κ2) is 2.71. The van der Waals surface area contributed by atoms with Crippen molar-refractivity contribution >= 4 is 5.57 Å².